The molecule has 2 rings (SSSR count). The fourth-order valence-corrected chi connectivity index (χ4v) is 3.05. The van der Waals surface area contributed by atoms with E-state index in [0.29, 0.717) is 12.7 Å². The Morgan fingerprint density at radius 3 is 2.56 bits per heavy atom. The van der Waals surface area contributed by atoms with Crippen LogP contribution in [0.4, 0.5) is 4.39 Å². The number of carbonyl (C=O) groups is 1. The van der Waals surface area contributed by atoms with E-state index in [1.54, 1.807) is 0 Å². The summed E-state index contributed by atoms with van der Waals surface area (Å²) in [4.78, 5) is 11.0. The number of alkyl halides is 1. The van der Waals surface area contributed by atoms with Crippen molar-refractivity contribution in [3.63, 3.8) is 0 Å². The minimum atomic E-state index is -1.82. The Bertz CT molecular complexity index is 393. The molecule has 1 aromatic rings. The van der Waals surface area contributed by atoms with Crippen LogP contribution in [0.2, 0.25) is 0 Å². The fraction of sp³-hybridized carbons (Fsp3) is 0.533. The van der Waals surface area contributed by atoms with E-state index in [1.807, 2.05) is 30.3 Å². The van der Waals surface area contributed by atoms with Gasteiger partial charge >= 0.3 is 0 Å². The lowest BCUT2D eigenvalue weighted by Crippen LogP contribution is -2.46. The van der Waals surface area contributed by atoms with Crippen molar-refractivity contribution < 1.29 is 14.3 Å². The Balaban J connectivity index is 2.29. The van der Waals surface area contributed by atoms with Crippen molar-refractivity contribution in [2.45, 2.75) is 37.2 Å². The van der Waals surface area contributed by atoms with Crippen LogP contribution < -0.4 is 0 Å². The van der Waals surface area contributed by atoms with E-state index < -0.39 is 12.3 Å². The summed E-state index contributed by atoms with van der Waals surface area (Å²) in [6.07, 6.45) is 4.02. The smallest absolute Gasteiger partial charge is 0.154 e. The number of carbonyl (C=O) groups excluding carboxylic acids is 1. The summed E-state index contributed by atoms with van der Waals surface area (Å²) in [5.41, 5.74) is -0.725. The normalized spacial score (nSPS) is 27.4. The largest absolute Gasteiger partial charge is 0.379 e. The first-order chi connectivity index (χ1) is 8.71. The molecule has 3 atom stereocenters. The quantitative estimate of drug-likeness (QED) is 0.834. The van der Waals surface area contributed by atoms with Gasteiger partial charge in [-0.15, -0.1) is 0 Å². The monoisotopic (exact) mass is 250 g/mol. The molecule has 0 amide bonds. The number of benzene rings is 1. The van der Waals surface area contributed by atoms with Crippen molar-refractivity contribution >= 4 is 6.29 Å². The number of aldehydes is 1. The fourth-order valence-electron chi connectivity index (χ4n) is 3.05. The van der Waals surface area contributed by atoms with Gasteiger partial charge in [-0.05, 0) is 24.3 Å². The topological polar surface area (TPSA) is 37.3 Å². The summed E-state index contributed by atoms with van der Waals surface area (Å²) < 4.78 is 13.0. The summed E-state index contributed by atoms with van der Waals surface area (Å²) >= 11 is 0. The van der Waals surface area contributed by atoms with Crippen molar-refractivity contribution in [2.75, 3.05) is 6.67 Å². The molecule has 0 bridgehead atoms. The molecule has 0 radical (unpaired) electrons. The molecule has 0 spiro atoms. The first-order valence-corrected chi connectivity index (χ1v) is 6.51. The first kappa shape index (κ1) is 13.2. The van der Waals surface area contributed by atoms with Crippen molar-refractivity contribution in [3.8, 4) is 0 Å². The maximum Gasteiger partial charge on any atom is 0.154 e. The molecular formula is C15H19FO2. The van der Waals surface area contributed by atoms with Crippen molar-refractivity contribution in [1.82, 2.24) is 0 Å². The van der Waals surface area contributed by atoms with Crippen LogP contribution in [0.1, 0.15) is 37.2 Å². The van der Waals surface area contributed by atoms with E-state index in [2.05, 4.69) is 0 Å². The summed E-state index contributed by atoms with van der Waals surface area (Å²) in [7, 11) is 0. The zero-order valence-electron chi connectivity index (χ0n) is 10.4. The van der Waals surface area contributed by atoms with Crippen molar-refractivity contribution in [1.29, 1.82) is 0 Å². The molecule has 0 aromatic heterocycles. The Morgan fingerprint density at radius 2 is 1.94 bits per heavy atom. The molecule has 0 aliphatic heterocycles. The first-order valence-electron chi connectivity index (χ1n) is 6.51. The molecule has 1 aliphatic carbocycles. The Labute approximate surface area is 107 Å². The molecule has 2 nitrogen and oxygen atoms in total. The lowest BCUT2D eigenvalue weighted by molar-refractivity contribution is -0.134. The number of halogens is 1. The molecule has 3 unspecified atom stereocenters. The molecule has 98 valence electrons. The number of hydrogen-bond acceptors (Lipinski definition) is 2. The SMILES string of the molecule is O=CC(O)(CF)C1CCCCC1c1ccccc1. The van der Waals surface area contributed by atoms with Gasteiger partial charge < -0.3 is 9.90 Å². The second kappa shape index (κ2) is 5.61. The van der Waals surface area contributed by atoms with Gasteiger partial charge in [-0.3, -0.25) is 0 Å². The van der Waals surface area contributed by atoms with Crippen LogP contribution in [-0.2, 0) is 4.79 Å². The highest BCUT2D eigenvalue weighted by atomic mass is 19.1. The van der Waals surface area contributed by atoms with Gasteiger partial charge in [-0.2, -0.15) is 0 Å². The van der Waals surface area contributed by atoms with Crippen LogP contribution in [0.5, 0.6) is 0 Å². The van der Waals surface area contributed by atoms with E-state index in [4.69, 9.17) is 0 Å². The molecule has 18 heavy (non-hydrogen) atoms. The van der Waals surface area contributed by atoms with Crippen LogP contribution in [0.25, 0.3) is 0 Å². The van der Waals surface area contributed by atoms with Crippen molar-refractivity contribution in [3.05, 3.63) is 35.9 Å². The number of aliphatic hydroxyl groups is 1. The minimum absolute atomic E-state index is 0.0749. The van der Waals surface area contributed by atoms with Gasteiger partial charge in [0.25, 0.3) is 0 Å². The number of rotatable bonds is 4. The second-order valence-electron chi connectivity index (χ2n) is 5.15. The standard InChI is InChI=1S/C15H19FO2/c16-10-15(18,11-17)14-9-5-4-8-13(14)12-6-2-1-3-7-12/h1-3,6-7,11,13-14,18H,4-5,8-10H2. The van der Waals surface area contributed by atoms with Gasteiger partial charge in [0.15, 0.2) is 11.9 Å². The van der Waals surface area contributed by atoms with E-state index in [1.165, 1.54) is 0 Å². The lowest BCUT2D eigenvalue weighted by atomic mass is 9.68. The predicted molar refractivity (Wildman–Crippen MR) is 68.1 cm³/mol. The van der Waals surface area contributed by atoms with Crippen LogP contribution in [0.15, 0.2) is 30.3 Å². The average molecular weight is 250 g/mol. The molecular weight excluding hydrogens is 231 g/mol. The maximum absolute atomic E-state index is 13.0. The van der Waals surface area contributed by atoms with E-state index in [0.717, 1.165) is 24.8 Å². The number of hydrogen-bond donors (Lipinski definition) is 1. The Morgan fingerprint density at radius 1 is 1.28 bits per heavy atom. The van der Waals surface area contributed by atoms with Crippen molar-refractivity contribution in [2.24, 2.45) is 5.92 Å². The molecule has 0 heterocycles. The molecule has 1 N–H and O–H groups in total. The molecule has 3 heteroatoms. The maximum atomic E-state index is 13.0. The zero-order chi connectivity index (χ0) is 13.0. The highest BCUT2D eigenvalue weighted by Crippen LogP contribution is 2.42. The average Bonchev–Trinajstić information content (AvgIpc) is 2.47. The summed E-state index contributed by atoms with van der Waals surface area (Å²) in [6.45, 7) is -0.996. The summed E-state index contributed by atoms with van der Waals surface area (Å²) in [5, 5.41) is 10.1. The summed E-state index contributed by atoms with van der Waals surface area (Å²) in [6, 6.07) is 9.80. The predicted octanol–water partition coefficient (Wildman–Crippen LogP) is 2.86. The van der Waals surface area contributed by atoms with Crippen LogP contribution >= 0.6 is 0 Å². The van der Waals surface area contributed by atoms with E-state index in [-0.39, 0.29) is 11.8 Å². The Hall–Kier alpha value is -1.22. The molecule has 0 saturated heterocycles. The lowest BCUT2D eigenvalue weighted by Gasteiger charge is -2.39. The van der Waals surface area contributed by atoms with Crippen LogP contribution in [0, 0.1) is 5.92 Å². The molecule has 1 saturated carbocycles. The second-order valence-corrected chi connectivity index (χ2v) is 5.15. The van der Waals surface area contributed by atoms with Gasteiger partial charge in [0.2, 0.25) is 0 Å². The third-order valence-electron chi connectivity index (χ3n) is 4.05. The molecule has 1 fully saturated rings. The van der Waals surface area contributed by atoms with E-state index in [9.17, 15) is 14.3 Å². The highest BCUT2D eigenvalue weighted by molar-refractivity contribution is 5.63. The zero-order valence-corrected chi connectivity index (χ0v) is 10.4. The third-order valence-corrected chi connectivity index (χ3v) is 4.05. The van der Waals surface area contributed by atoms with Crippen LogP contribution in [-0.4, -0.2) is 23.7 Å². The van der Waals surface area contributed by atoms with Crippen LogP contribution in [0.3, 0.4) is 0 Å². The molecule has 1 aromatic carbocycles. The Kier molecular flexibility index (Phi) is 4.12. The van der Waals surface area contributed by atoms with E-state index >= 15 is 0 Å². The van der Waals surface area contributed by atoms with Gasteiger partial charge in [0.1, 0.15) is 6.67 Å². The van der Waals surface area contributed by atoms with Gasteiger partial charge in [0.05, 0.1) is 0 Å². The van der Waals surface area contributed by atoms with Gasteiger partial charge in [-0.1, -0.05) is 43.2 Å². The highest BCUT2D eigenvalue weighted by Gasteiger charge is 2.43. The van der Waals surface area contributed by atoms with Gasteiger partial charge in [-0.25, -0.2) is 4.39 Å². The molecule has 1 aliphatic rings. The minimum Gasteiger partial charge on any atom is -0.379 e. The summed E-state index contributed by atoms with van der Waals surface area (Å²) in [5.74, 6) is -0.234. The van der Waals surface area contributed by atoms with Gasteiger partial charge in [0, 0.05) is 5.92 Å². The third kappa shape index (κ3) is 2.46.